The number of hydrogen-bond donors (Lipinski definition) is 3. The summed E-state index contributed by atoms with van der Waals surface area (Å²) in [5.41, 5.74) is 2.16. The summed E-state index contributed by atoms with van der Waals surface area (Å²) in [5, 5.41) is 14.7. The first kappa shape index (κ1) is 24.3. The quantitative estimate of drug-likeness (QED) is 0.526. The molecule has 7 nitrogen and oxygen atoms in total. The van der Waals surface area contributed by atoms with Crippen molar-refractivity contribution in [2.24, 2.45) is 5.41 Å². The van der Waals surface area contributed by atoms with Crippen LogP contribution in [0.4, 0.5) is 4.79 Å². The molecular weight excluding hydrogens is 420 g/mol. The molecule has 33 heavy (non-hydrogen) atoms. The van der Waals surface area contributed by atoms with Gasteiger partial charge < -0.3 is 20.5 Å². The minimum Gasteiger partial charge on any atom is -0.481 e. The number of fused-ring (bicyclic) bond motifs is 3. The monoisotopic (exact) mass is 452 g/mol. The van der Waals surface area contributed by atoms with E-state index in [2.05, 4.69) is 22.8 Å². The van der Waals surface area contributed by atoms with Crippen molar-refractivity contribution in [3.63, 3.8) is 0 Å². The van der Waals surface area contributed by atoms with Crippen molar-refractivity contribution in [3.05, 3.63) is 59.7 Å². The molecular formula is C26H32N2O5. The Bertz CT molecular complexity index is 1000. The zero-order chi connectivity index (χ0) is 24.2. The van der Waals surface area contributed by atoms with Gasteiger partial charge in [0.15, 0.2) is 0 Å². The third kappa shape index (κ3) is 5.18. The third-order valence-electron chi connectivity index (χ3n) is 6.24. The molecule has 0 fully saturated rings. The lowest BCUT2D eigenvalue weighted by molar-refractivity contribution is -0.147. The number of carbonyl (C=O) groups is 3. The number of hydrogen-bond acceptors (Lipinski definition) is 4. The molecule has 0 aromatic heterocycles. The first-order chi connectivity index (χ1) is 15.6. The summed E-state index contributed by atoms with van der Waals surface area (Å²) >= 11 is 0. The summed E-state index contributed by atoms with van der Waals surface area (Å²) < 4.78 is 5.59. The van der Waals surface area contributed by atoms with E-state index in [1.165, 1.54) is 13.8 Å². The van der Waals surface area contributed by atoms with E-state index in [1.807, 2.05) is 43.3 Å². The van der Waals surface area contributed by atoms with E-state index in [9.17, 15) is 19.5 Å². The number of amides is 2. The van der Waals surface area contributed by atoms with Gasteiger partial charge in [0.25, 0.3) is 0 Å². The Morgan fingerprint density at radius 2 is 1.52 bits per heavy atom. The van der Waals surface area contributed by atoms with E-state index < -0.39 is 28.9 Å². The van der Waals surface area contributed by atoms with Gasteiger partial charge in [-0.05, 0) is 49.4 Å². The molecule has 2 aromatic rings. The van der Waals surface area contributed by atoms with Crippen LogP contribution in [-0.2, 0) is 14.3 Å². The number of alkyl carbamates (subject to hydrolysis) is 1. The fourth-order valence-corrected chi connectivity index (χ4v) is 4.16. The highest BCUT2D eigenvalue weighted by molar-refractivity contribution is 5.90. The largest absolute Gasteiger partial charge is 0.481 e. The van der Waals surface area contributed by atoms with Gasteiger partial charge >= 0.3 is 12.1 Å². The van der Waals surface area contributed by atoms with Gasteiger partial charge in [-0.3, -0.25) is 9.59 Å². The Morgan fingerprint density at radius 3 is 2.03 bits per heavy atom. The van der Waals surface area contributed by atoms with E-state index in [-0.39, 0.29) is 19.1 Å². The van der Waals surface area contributed by atoms with Gasteiger partial charge in [-0.1, -0.05) is 61.9 Å². The highest BCUT2D eigenvalue weighted by Gasteiger charge is 2.37. The number of aliphatic carboxylic acids is 1. The maximum absolute atomic E-state index is 12.9. The molecule has 0 heterocycles. The summed E-state index contributed by atoms with van der Waals surface area (Å²) in [5.74, 6) is -1.53. The number of carbonyl (C=O) groups excluding carboxylic acids is 2. The van der Waals surface area contributed by atoms with Crippen LogP contribution in [0.5, 0.6) is 0 Å². The third-order valence-corrected chi connectivity index (χ3v) is 6.24. The van der Waals surface area contributed by atoms with Gasteiger partial charge in [0.2, 0.25) is 5.91 Å². The zero-order valence-electron chi connectivity index (χ0n) is 19.6. The molecule has 2 aromatic carbocycles. The molecule has 3 rings (SSSR count). The molecule has 0 bridgehead atoms. The zero-order valence-corrected chi connectivity index (χ0v) is 19.6. The molecule has 1 atom stereocenters. The normalized spacial score (nSPS) is 14.5. The molecule has 0 spiro atoms. The van der Waals surface area contributed by atoms with Crippen molar-refractivity contribution in [2.75, 3.05) is 13.2 Å². The summed E-state index contributed by atoms with van der Waals surface area (Å²) in [6.45, 7) is 6.70. The van der Waals surface area contributed by atoms with Crippen molar-refractivity contribution >= 4 is 18.0 Å². The van der Waals surface area contributed by atoms with Crippen LogP contribution in [-0.4, -0.2) is 41.8 Å². The van der Waals surface area contributed by atoms with Crippen LogP contribution >= 0.6 is 0 Å². The number of ether oxygens (including phenoxy) is 1. The Labute approximate surface area is 194 Å². The molecule has 2 amide bonds. The Hall–Kier alpha value is -3.35. The van der Waals surface area contributed by atoms with E-state index in [0.717, 1.165) is 22.3 Å². The van der Waals surface area contributed by atoms with Gasteiger partial charge in [0.05, 0.1) is 5.41 Å². The lowest BCUT2D eigenvalue weighted by Crippen LogP contribution is -2.58. The Morgan fingerprint density at radius 1 is 0.970 bits per heavy atom. The molecule has 0 radical (unpaired) electrons. The van der Waals surface area contributed by atoms with Crippen LogP contribution in [0.25, 0.3) is 11.1 Å². The number of nitrogens with one attached hydrogen (secondary N) is 2. The maximum Gasteiger partial charge on any atom is 0.408 e. The second-order valence-corrected chi connectivity index (χ2v) is 9.40. The SMILES string of the molecule is CCCC(C)(NC(=O)OCC1c2ccccc2-c2ccccc21)C(=O)NCC(C)(C)C(=O)O. The Balaban J connectivity index is 1.67. The number of benzene rings is 2. The van der Waals surface area contributed by atoms with E-state index in [4.69, 9.17) is 4.74 Å². The molecule has 1 unspecified atom stereocenters. The average molecular weight is 453 g/mol. The smallest absolute Gasteiger partial charge is 0.408 e. The van der Waals surface area contributed by atoms with Gasteiger partial charge in [0, 0.05) is 12.5 Å². The highest BCUT2D eigenvalue weighted by Crippen LogP contribution is 2.44. The lowest BCUT2D eigenvalue weighted by atomic mass is 9.91. The molecule has 0 aliphatic heterocycles. The summed E-state index contributed by atoms with van der Waals surface area (Å²) in [6, 6.07) is 16.1. The Kier molecular flexibility index (Phi) is 7.10. The van der Waals surface area contributed by atoms with Gasteiger partial charge in [-0.15, -0.1) is 0 Å². The molecule has 176 valence electrons. The maximum atomic E-state index is 12.9. The number of rotatable bonds is 9. The fraction of sp³-hybridized carbons (Fsp3) is 0.423. The lowest BCUT2D eigenvalue weighted by Gasteiger charge is -2.30. The van der Waals surface area contributed by atoms with Crippen molar-refractivity contribution < 1.29 is 24.2 Å². The van der Waals surface area contributed by atoms with E-state index >= 15 is 0 Å². The standard InChI is InChI=1S/C26H32N2O5/c1-5-14-26(4,22(29)27-16-25(2,3)23(30)31)28-24(32)33-15-21-19-12-8-6-10-17(19)18-11-7-9-13-20(18)21/h6-13,21H,5,14-16H2,1-4H3,(H,27,29)(H,28,32)(H,30,31). The molecule has 1 aliphatic carbocycles. The van der Waals surface area contributed by atoms with E-state index in [0.29, 0.717) is 12.8 Å². The van der Waals surface area contributed by atoms with Gasteiger partial charge in [-0.25, -0.2) is 4.79 Å². The minimum atomic E-state index is -1.22. The van der Waals surface area contributed by atoms with Gasteiger partial charge in [0.1, 0.15) is 12.1 Å². The molecule has 0 saturated heterocycles. The predicted octanol–water partition coefficient (Wildman–Crippen LogP) is 4.31. The van der Waals surface area contributed by atoms with Crippen LogP contribution in [0.3, 0.4) is 0 Å². The van der Waals surface area contributed by atoms with Crippen LogP contribution in [0.2, 0.25) is 0 Å². The fourth-order valence-electron chi connectivity index (χ4n) is 4.16. The summed E-state index contributed by atoms with van der Waals surface area (Å²) in [4.78, 5) is 36.9. The second kappa shape index (κ2) is 9.65. The van der Waals surface area contributed by atoms with Crippen molar-refractivity contribution in [1.82, 2.24) is 10.6 Å². The molecule has 3 N–H and O–H groups in total. The van der Waals surface area contributed by atoms with Crippen LogP contribution in [0.15, 0.2) is 48.5 Å². The number of carboxylic acids is 1. The first-order valence-electron chi connectivity index (χ1n) is 11.2. The predicted molar refractivity (Wildman–Crippen MR) is 126 cm³/mol. The second-order valence-electron chi connectivity index (χ2n) is 9.40. The van der Waals surface area contributed by atoms with Crippen molar-refractivity contribution in [1.29, 1.82) is 0 Å². The molecule has 1 aliphatic rings. The van der Waals surface area contributed by atoms with Crippen molar-refractivity contribution in [2.45, 2.75) is 52.0 Å². The minimum absolute atomic E-state index is 0.0488. The average Bonchev–Trinajstić information content (AvgIpc) is 3.10. The highest BCUT2D eigenvalue weighted by atomic mass is 16.5. The van der Waals surface area contributed by atoms with Crippen LogP contribution < -0.4 is 10.6 Å². The molecule has 0 saturated carbocycles. The van der Waals surface area contributed by atoms with Crippen LogP contribution in [0, 0.1) is 5.41 Å². The summed E-state index contributed by atoms with van der Waals surface area (Å²) in [6.07, 6.45) is 0.354. The topological polar surface area (TPSA) is 105 Å². The molecule has 7 heteroatoms. The van der Waals surface area contributed by atoms with Crippen molar-refractivity contribution in [3.8, 4) is 11.1 Å². The van der Waals surface area contributed by atoms with E-state index in [1.54, 1.807) is 6.92 Å². The van der Waals surface area contributed by atoms with Crippen LogP contribution in [0.1, 0.15) is 57.6 Å². The van der Waals surface area contributed by atoms with Gasteiger partial charge in [-0.2, -0.15) is 0 Å². The number of carboxylic acid groups (broad SMARTS) is 1. The summed E-state index contributed by atoms with van der Waals surface area (Å²) in [7, 11) is 0. The first-order valence-corrected chi connectivity index (χ1v) is 11.2.